The van der Waals surface area contributed by atoms with Gasteiger partial charge in [0.25, 0.3) is 0 Å². The summed E-state index contributed by atoms with van der Waals surface area (Å²) in [6, 6.07) is 15.8. The third kappa shape index (κ3) is 7.56. The lowest BCUT2D eigenvalue weighted by Crippen LogP contribution is -2.00. The molecule has 26 heavy (non-hydrogen) atoms. The fourth-order valence-corrected chi connectivity index (χ4v) is 4.55. The lowest BCUT2D eigenvalue weighted by molar-refractivity contribution is 0.103. The van der Waals surface area contributed by atoms with E-state index in [9.17, 15) is 4.79 Å². The number of carbonyl (C=O) groups excluding carboxylic acids is 1. The summed E-state index contributed by atoms with van der Waals surface area (Å²) in [5.41, 5.74) is 1.47. The van der Waals surface area contributed by atoms with Crippen molar-refractivity contribution in [2.45, 2.75) is 35.5 Å². The minimum Gasteiger partial charge on any atom is -0.289 e. The predicted molar refractivity (Wildman–Crippen MR) is 118 cm³/mol. The van der Waals surface area contributed by atoms with E-state index in [4.69, 9.17) is 23.2 Å². The summed E-state index contributed by atoms with van der Waals surface area (Å²) in [4.78, 5) is 15.0. The van der Waals surface area contributed by atoms with Crippen LogP contribution >= 0.6 is 46.7 Å². The van der Waals surface area contributed by atoms with E-state index in [1.807, 2.05) is 72.1 Å². The lowest BCUT2D eigenvalue weighted by atomic mass is 10.0. The Morgan fingerprint density at radius 1 is 0.654 bits per heavy atom. The highest BCUT2D eigenvalue weighted by atomic mass is 35.5. The van der Waals surface area contributed by atoms with E-state index < -0.39 is 0 Å². The fourth-order valence-electron chi connectivity index (χ4n) is 2.34. The first kappa shape index (κ1) is 21.7. The molecule has 0 aliphatic rings. The van der Waals surface area contributed by atoms with Crippen LogP contribution in [0.25, 0.3) is 0 Å². The average molecular weight is 427 g/mol. The molecule has 0 bridgehead atoms. The third-order valence-corrected chi connectivity index (χ3v) is 6.56. The van der Waals surface area contributed by atoms with E-state index in [1.165, 1.54) is 9.79 Å². The number of benzene rings is 2. The molecule has 0 radical (unpaired) electrons. The van der Waals surface area contributed by atoms with Gasteiger partial charge >= 0.3 is 0 Å². The lowest BCUT2D eigenvalue weighted by Gasteiger charge is -2.05. The highest BCUT2D eigenvalue weighted by molar-refractivity contribution is 7.99. The SMILES string of the molecule is O=C(c1ccc(SCCCCCl)cc1)c1ccc(SCCCCCl)cc1. The van der Waals surface area contributed by atoms with E-state index in [0.717, 1.165) is 60.1 Å². The van der Waals surface area contributed by atoms with Gasteiger partial charge in [-0.2, -0.15) is 0 Å². The van der Waals surface area contributed by atoms with Crippen molar-refractivity contribution in [3.05, 3.63) is 59.7 Å². The van der Waals surface area contributed by atoms with Crippen LogP contribution in [0.5, 0.6) is 0 Å². The predicted octanol–water partition coefficient (Wildman–Crippen LogP) is 7.14. The molecule has 0 saturated heterocycles. The van der Waals surface area contributed by atoms with Crippen LogP contribution in [0.2, 0.25) is 0 Å². The number of ketones is 1. The van der Waals surface area contributed by atoms with Crippen molar-refractivity contribution in [3.8, 4) is 0 Å². The molecule has 0 aromatic heterocycles. The Balaban J connectivity index is 1.87. The number of thioether (sulfide) groups is 2. The van der Waals surface area contributed by atoms with Crippen LogP contribution < -0.4 is 0 Å². The standard InChI is InChI=1S/C21H24Cl2OS2/c22-13-1-3-15-25-19-9-5-17(6-10-19)21(24)18-7-11-20(12-8-18)26-16-4-2-14-23/h5-12H,1-4,13-16H2. The molecule has 0 unspecified atom stereocenters. The number of alkyl halides is 2. The second-order valence-electron chi connectivity index (χ2n) is 5.87. The molecule has 5 heteroatoms. The van der Waals surface area contributed by atoms with Crippen LogP contribution in [0.1, 0.15) is 41.6 Å². The Bertz CT molecular complexity index is 599. The van der Waals surface area contributed by atoms with Gasteiger partial charge in [-0.1, -0.05) is 0 Å². The molecular formula is C21H24Cl2OS2. The average Bonchev–Trinajstić information content (AvgIpc) is 2.69. The van der Waals surface area contributed by atoms with Gasteiger partial charge in [-0.25, -0.2) is 0 Å². The number of rotatable bonds is 12. The van der Waals surface area contributed by atoms with E-state index in [0.29, 0.717) is 0 Å². The van der Waals surface area contributed by atoms with Gasteiger partial charge in [-0.05, 0) is 85.7 Å². The van der Waals surface area contributed by atoms with Crippen molar-refractivity contribution < 1.29 is 4.79 Å². The van der Waals surface area contributed by atoms with E-state index in [1.54, 1.807) is 0 Å². The molecular weight excluding hydrogens is 403 g/mol. The molecule has 1 nitrogen and oxygen atoms in total. The molecule has 0 fully saturated rings. The first-order valence-corrected chi connectivity index (χ1v) is 11.9. The third-order valence-electron chi connectivity index (χ3n) is 3.83. The van der Waals surface area contributed by atoms with Gasteiger partial charge in [0.05, 0.1) is 0 Å². The van der Waals surface area contributed by atoms with Gasteiger partial charge in [0, 0.05) is 32.7 Å². The molecule has 0 amide bonds. The zero-order valence-electron chi connectivity index (χ0n) is 14.8. The number of hydrogen-bond donors (Lipinski definition) is 0. The van der Waals surface area contributed by atoms with Crippen molar-refractivity contribution >= 4 is 52.5 Å². The van der Waals surface area contributed by atoms with Crippen LogP contribution in [-0.2, 0) is 0 Å². The minimum atomic E-state index is 0.0716. The smallest absolute Gasteiger partial charge is 0.193 e. The Morgan fingerprint density at radius 3 is 1.38 bits per heavy atom. The normalized spacial score (nSPS) is 10.8. The van der Waals surface area contributed by atoms with Crippen molar-refractivity contribution in [1.29, 1.82) is 0 Å². The summed E-state index contributed by atoms with van der Waals surface area (Å²) in [7, 11) is 0. The molecule has 0 aliphatic carbocycles. The first-order chi connectivity index (χ1) is 12.7. The maximum Gasteiger partial charge on any atom is 0.193 e. The second kappa shape index (κ2) is 12.7. The number of hydrogen-bond acceptors (Lipinski definition) is 3. The fraction of sp³-hybridized carbons (Fsp3) is 0.381. The summed E-state index contributed by atoms with van der Waals surface area (Å²) in [5, 5.41) is 0. The molecule has 0 heterocycles. The van der Waals surface area contributed by atoms with Crippen LogP contribution in [0, 0.1) is 0 Å². The molecule has 0 atom stereocenters. The topological polar surface area (TPSA) is 17.1 Å². The van der Waals surface area contributed by atoms with E-state index in [2.05, 4.69) is 0 Å². The van der Waals surface area contributed by atoms with Crippen molar-refractivity contribution in [2.75, 3.05) is 23.3 Å². The summed E-state index contributed by atoms with van der Waals surface area (Å²) in [5.74, 6) is 3.63. The van der Waals surface area contributed by atoms with Crippen molar-refractivity contribution in [2.24, 2.45) is 0 Å². The van der Waals surface area contributed by atoms with E-state index >= 15 is 0 Å². The van der Waals surface area contributed by atoms with Crippen LogP contribution in [0.4, 0.5) is 0 Å². The Morgan fingerprint density at radius 2 is 1.04 bits per heavy atom. The van der Waals surface area contributed by atoms with Crippen LogP contribution in [0.15, 0.2) is 58.3 Å². The maximum absolute atomic E-state index is 12.6. The molecule has 2 aromatic carbocycles. The molecule has 0 N–H and O–H groups in total. The monoisotopic (exact) mass is 426 g/mol. The number of halogens is 2. The zero-order chi connectivity index (χ0) is 18.6. The highest BCUT2D eigenvalue weighted by Crippen LogP contribution is 2.23. The van der Waals surface area contributed by atoms with Crippen LogP contribution in [0.3, 0.4) is 0 Å². The summed E-state index contributed by atoms with van der Waals surface area (Å²) in [6.07, 6.45) is 4.33. The quantitative estimate of drug-likeness (QED) is 0.155. The number of carbonyl (C=O) groups is 1. The van der Waals surface area contributed by atoms with Crippen molar-refractivity contribution in [3.63, 3.8) is 0 Å². The molecule has 140 valence electrons. The van der Waals surface area contributed by atoms with Gasteiger partial charge < -0.3 is 0 Å². The Kier molecular flexibility index (Phi) is 10.6. The van der Waals surface area contributed by atoms with Crippen LogP contribution in [-0.4, -0.2) is 29.0 Å². The molecule has 0 saturated carbocycles. The Hall–Kier alpha value is -0.610. The van der Waals surface area contributed by atoms with Crippen molar-refractivity contribution in [1.82, 2.24) is 0 Å². The largest absolute Gasteiger partial charge is 0.289 e. The summed E-state index contributed by atoms with van der Waals surface area (Å²) < 4.78 is 0. The molecule has 2 rings (SSSR count). The summed E-state index contributed by atoms with van der Waals surface area (Å²) in [6.45, 7) is 0. The van der Waals surface area contributed by atoms with Gasteiger partial charge in [-0.15, -0.1) is 46.7 Å². The molecule has 0 aliphatic heterocycles. The minimum absolute atomic E-state index is 0.0716. The van der Waals surface area contributed by atoms with E-state index in [-0.39, 0.29) is 5.78 Å². The molecule has 2 aromatic rings. The highest BCUT2D eigenvalue weighted by Gasteiger charge is 2.09. The zero-order valence-corrected chi connectivity index (χ0v) is 17.9. The second-order valence-corrected chi connectivity index (χ2v) is 8.96. The maximum atomic E-state index is 12.6. The van der Waals surface area contributed by atoms with Gasteiger partial charge in [-0.3, -0.25) is 4.79 Å². The van der Waals surface area contributed by atoms with Gasteiger partial charge in [0.2, 0.25) is 0 Å². The Labute approximate surface area is 175 Å². The van der Waals surface area contributed by atoms with Gasteiger partial charge in [0.1, 0.15) is 0 Å². The first-order valence-electron chi connectivity index (χ1n) is 8.87. The number of unbranched alkanes of at least 4 members (excludes halogenated alkanes) is 2. The molecule has 0 spiro atoms. The van der Waals surface area contributed by atoms with Gasteiger partial charge in [0.15, 0.2) is 5.78 Å². The summed E-state index contributed by atoms with van der Waals surface area (Å²) >= 11 is 15.0.